The minimum Gasteiger partial charge on any atom is -0.478 e. The third-order valence-electron chi connectivity index (χ3n) is 2.34. The Bertz CT molecular complexity index is 626. The molecule has 19 heavy (non-hydrogen) atoms. The number of benzene rings is 1. The molecule has 98 valence electrons. The molecule has 0 unspecified atom stereocenters. The van der Waals surface area contributed by atoms with Gasteiger partial charge in [0.2, 0.25) is 0 Å². The molecule has 1 aromatic heterocycles. The molecule has 1 heterocycles. The first-order valence-electron chi connectivity index (χ1n) is 5.48. The van der Waals surface area contributed by atoms with E-state index in [0.717, 1.165) is 16.3 Å². The maximum Gasteiger partial charge on any atom is 0.336 e. The molecule has 0 aliphatic heterocycles. The summed E-state index contributed by atoms with van der Waals surface area (Å²) >= 11 is 4.66. The summed E-state index contributed by atoms with van der Waals surface area (Å²) in [5, 5.41) is 9.62. The Hall–Kier alpha value is -1.40. The second-order valence-corrected chi connectivity index (χ2v) is 5.88. The van der Waals surface area contributed by atoms with E-state index in [2.05, 4.69) is 25.9 Å². The molecule has 0 radical (unpaired) electrons. The molecule has 0 aliphatic rings. The van der Waals surface area contributed by atoms with E-state index in [-0.39, 0.29) is 5.56 Å². The van der Waals surface area contributed by atoms with E-state index in [0.29, 0.717) is 9.63 Å². The molecule has 0 aliphatic carbocycles. The predicted molar refractivity (Wildman–Crippen MR) is 76.7 cm³/mol. The molecule has 1 N–H and O–H groups in total. The van der Waals surface area contributed by atoms with Gasteiger partial charge in [0.25, 0.3) is 0 Å². The summed E-state index contributed by atoms with van der Waals surface area (Å²) in [5.74, 6) is -0.953. The topological polar surface area (TPSA) is 63.1 Å². The number of carbonyl (C=O) groups is 1. The van der Waals surface area contributed by atoms with Crippen LogP contribution < -0.4 is 0 Å². The number of nitrogens with zero attached hydrogens (tertiary/aromatic N) is 2. The van der Waals surface area contributed by atoms with Crippen LogP contribution in [0, 0.1) is 13.8 Å². The van der Waals surface area contributed by atoms with Crippen molar-refractivity contribution in [3.63, 3.8) is 0 Å². The number of carboxylic acids is 1. The van der Waals surface area contributed by atoms with Gasteiger partial charge >= 0.3 is 5.97 Å². The van der Waals surface area contributed by atoms with Crippen LogP contribution in [0.4, 0.5) is 0 Å². The largest absolute Gasteiger partial charge is 0.478 e. The van der Waals surface area contributed by atoms with Gasteiger partial charge in [-0.15, -0.1) is 0 Å². The minimum atomic E-state index is -0.953. The minimum absolute atomic E-state index is 0.241. The molecule has 0 fully saturated rings. The van der Waals surface area contributed by atoms with Crippen LogP contribution in [0.3, 0.4) is 0 Å². The Labute approximate surface area is 123 Å². The molecule has 1 aromatic carbocycles. The summed E-state index contributed by atoms with van der Waals surface area (Å²) in [7, 11) is 0. The number of rotatable bonds is 3. The van der Waals surface area contributed by atoms with Crippen LogP contribution in [-0.2, 0) is 0 Å². The van der Waals surface area contributed by atoms with Crippen LogP contribution in [0.5, 0.6) is 0 Å². The summed E-state index contributed by atoms with van der Waals surface area (Å²) in [6.07, 6.45) is 0. The van der Waals surface area contributed by atoms with E-state index in [9.17, 15) is 4.79 Å². The Kier molecular flexibility index (Phi) is 4.21. The molecule has 0 amide bonds. The summed E-state index contributed by atoms with van der Waals surface area (Å²) in [5.41, 5.74) is 2.07. The van der Waals surface area contributed by atoms with Crippen LogP contribution in [-0.4, -0.2) is 21.0 Å². The van der Waals surface area contributed by atoms with Crippen molar-refractivity contribution in [2.45, 2.75) is 23.9 Å². The van der Waals surface area contributed by atoms with Gasteiger partial charge in [-0.3, -0.25) is 0 Å². The van der Waals surface area contributed by atoms with Crippen LogP contribution in [0.1, 0.15) is 21.7 Å². The molecule has 0 atom stereocenters. The number of aryl methyl sites for hydroxylation is 2. The number of aromatic nitrogens is 2. The van der Waals surface area contributed by atoms with Crippen molar-refractivity contribution in [2.24, 2.45) is 0 Å². The van der Waals surface area contributed by atoms with Gasteiger partial charge < -0.3 is 5.11 Å². The average molecular weight is 339 g/mol. The standard InChI is InChI=1S/C13H11BrN2O2S/c1-7-5-8(2)16-13(15-7)19-9-3-4-10(12(17)18)11(14)6-9/h3-6H,1-2H3,(H,17,18). The number of hydrogen-bond acceptors (Lipinski definition) is 4. The lowest BCUT2D eigenvalue weighted by atomic mass is 10.2. The molecule has 6 heteroatoms. The highest BCUT2D eigenvalue weighted by molar-refractivity contribution is 9.10. The van der Waals surface area contributed by atoms with Crippen LogP contribution in [0.15, 0.2) is 38.8 Å². The third-order valence-corrected chi connectivity index (χ3v) is 3.85. The summed E-state index contributed by atoms with van der Waals surface area (Å²) in [4.78, 5) is 20.5. The van der Waals surface area contributed by atoms with Crippen molar-refractivity contribution in [3.05, 3.63) is 45.7 Å². The Morgan fingerprint density at radius 2 is 1.84 bits per heavy atom. The molecule has 0 bridgehead atoms. The Balaban J connectivity index is 2.28. The highest BCUT2D eigenvalue weighted by Crippen LogP contribution is 2.29. The van der Waals surface area contributed by atoms with Crippen molar-refractivity contribution in [3.8, 4) is 0 Å². The fraction of sp³-hybridized carbons (Fsp3) is 0.154. The van der Waals surface area contributed by atoms with Gasteiger partial charge in [-0.2, -0.15) is 0 Å². The monoisotopic (exact) mass is 338 g/mol. The number of halogens is 1. The Morgan fingerprint density at radius 1 is 1.21 bits per heavy atom. The third kappa shape index (κ3) is 3.54. The van der Waals surface area contributed by atoms with Crippen LogP contribution in [0.25, 0.3) is 0 Å². The highest BCUT2D eigenvalue weighted by atomic mass is 79.9. The fourth-order valence-electron chi connectivity index (χ4n) is 1.58. The van der Waals surface area contributed by atoms with Crippen molar-refractivity contribution >= 4 is 33.7 Å². The van der Waals surface area contributed by atoms with Crippen molar-refractivity contribution in [1.29, 1.82) is 0 Å². The van der Waals surface area contributed by atoms with Crippen molar-refractivity contribution < 1.29 is 9.90 Å². The molecule has 2 rings (SSSR count). The molecular weight excluding hydrogens is 328 g/mol. The van der Waals surface area contributed by atoms with Gasteiger partial charge in [0.1, 0.15) is 0 Å². The lowest BCUT2D eigenvalue weighted by Gasteiger charge is -2.05. The molecule has 0 saturated carbocycles. The molecule has 2 aromatic rings. The number of hydrogen-bond donors (Lipinski definition) is 1. The Morgan fingerprint density at radius 3 is 2.37 bits per heavy atom. The van der Waals surface area contributed by atoms with E-state index < -0.39 is 5.97 Å². The van der Waals surface area contributed by atoms with Gasteiger partial charge in [-0.1, -0.05) is 0 Å². The maximum atomic E-state index is 10.9. The van der Waals surface area contributed by atoms with E-state index >= 15 is 0 Å². The second kappa shape index (κ2) is 5.71. The first kappa shape index (κ1) is 14.0. The molecule has 4 nitrogen and oxygen atoms in total. The van der Waals surface area contributed by atoms with E-state index in [1.54, 1.807) is 18.2 Å². The normalized spacial score (nSPS) is 10.5. The quantitative estimate of drug-likeness (QED) is 0.864. The second-order valence-electron chi connectivity index (χ2n) is 3.98. The highest BCUT2D eigenvalue weighted by Gasteiger charge is 2.10. The maximum absolute atomic E-state index is 10.9. The van der Waals surface area contributed by atoms with Gasteiger partial charge in [-0.25, -0.2) is 14.8 Å². The van der Waals surface area contributed by atoms with Gasteiger partial charge in [-0.05, 0) is 65.8 Å². The van der Waals surface area contributed by atoms with E-state index in [4.69, 9.17) is 5.11 Å². The predicted octanol–water partition coefficient (Wildman–Crippen LogP) is 3.71. The zero-order valence-electron chi connectivity index (χ0n) is 10.3. The lowest BCUT2D eigenvalue weighted by molar-refractivity contribution is 0.0696. The molecule has 0 saturated heterocycles. The van der Waals surface area contributed by atoms with Crippen LogP contribution >= 0.6 is 27.7 Å². The summed E-state index contributed by atoms with van der Waals surface area (Å²) in [6.45, 7) is 3.84. The zero-order valence-corrected chi connectivity index (χ0v) is 12.7. The molecule has 0 spiro atoms. The van der Waals surface area contributed by atoms with E-state index in [1.807, 2.05) is 19.9 Å². The zero-order chi connectivity index (χ0) is 14.0. The number of aromatic carboxylic acids is 1. The average Bonchev–Trinajstić information content (AvgIpc) is 2.26. The number of carboxylic acid groups (broad SMARTS) is 1. The SMILES string of the molecule is Cc1cc(C)nc(Sc2ccc(C(=O)O)c(Br)c2)n1. The van der Waals surface area contributed by atoms with Crippen molar-refractivity contribution in [1.82, 2.24) is 9.97 Å². The first-order valence-corrected chi connectivity index (χ1v) is 7.09. The first-order chi connectivity index (χ1) is 8.95. The van der Waals surface area contributed by atoms with Gasteiger partial charge in [0.15, 0.2) is 5.16 Å². The fourth-order valence-corrected chi connectivity index (χ4v) is 3.18. The van der Waals surface area contributed by atoms with Gasteiger partial charge in [0.05, 0.1) is 5.56 Å². The van der Waals surface area contributed by atoms with Gasteiger partial charge in [0, 0.05) is 20.8 Å². The summed E-state index contributed by atoms with van der Waals surface area (Å²) in [6, 6.07) is 6.99. The summed E-state index contributed by atoms with van der Waals surface area (Å²) < 4.78 is 0.550. The van der Waals surface area contributed by atoms with Crippen molar-refractivity contribution in [2.75, 3.05) is 0 Å². The molecular formula is C13H11BrN2O2S. The van der Waals surface area contributed by atoms with E-state index in [1.165, 1.54) is 11.8 Å². The smallest absolute Gasteiger partial charge is 0.336 e. The lowest BCUT2D eigenvalue weighted by Crippen LogP contribution is -1.97. The van der Waals surface area contributed by atoms with Crippen LogP contribution in [0.2, 0.25) is 0 Å².